The summed E-state index contributed by atoms with van der Waals surface area (Å²) in [6.07, 6.45) is 0.998. The highest BCUT2D eigenvalue weighted by Crippen LogP contribution is 2.31. The second-order valence-corrected chi connectivity index (χ2v) is 4.94. The molecule has 0 spiro atoms. The Morgan fingerprint density at radius 3 is 2.44 bits per heavy atom. The Balaban J connectivity index is 0.000000771. The summed E-state index contributed by atoms with van der Waals surface area (Å²) < 4.78 is 0. The fraction of sp³-hybridized carbons (Fsp3) is 0.500. The van der Waals surface area contributed by atoms with Crippen LogP contribution in [0.25, 0.3) is 0 Å². The first kappa shape index (κ1) is 15.3. The Labute approximate surface area is 119 Å². The van der Waals surface area contributed by atoms with E-state index in [1.165, 1.54) is 0 Å². The van der Waals surface area contributed by atoms with Crippen molar-refractivity contribution in [3.63, 3.8) is 0 Å². The molecule has 1 aliphatic heterocycles. The van der Waals surface area contributed by atoms with Gasteiger partial charge in [-0.25, -0.2) is 0 Å². The third kappa shape index (κ3) is 3.63. The van der Waals surface area contributed by atoms with Gasteiger partial charge in [0.1, 0.15) is 0 Å². The smallest absolute Gasteiger partial charge is 0.219 e. The third-order valence-corrected chi connectivity index (χ3v) is 3.79. The molecule has 2 nitrogen and oxygen atoms in total. The lowest BCUT2D eigenvalue weighted by molar-refractivity contribution is -0.127. The number of amides is 1. The van der Waals surface area contributed by atoms with Crippen molar-refractivity contribution in [1.29, 1.82) is 0 Å². The zero-order valence-electron chi connectivity index (χ0n) is 11.0. The first-order valence-corrected chi connectivity index (χ1v) is 7.04. The van der Waals surface area contributed by atoms with E-state index in [0.29, 0.717) is 16.0 Å². The predicted octanol–water partition coefficient (Wildman–Crippen LogP) is 4.36. The van der Waals surface area contributed by atoms with Gasteiger partial charge in [0.15, 0.2) is 0 Å². The molecule has 1 saturated heterocycles. The maximum atomic E-state index is 11.2. The number of halogens is 2. The number of likely N-dealkylation sites (tertiary alicyclic amines) is 1. The summed E-state index contributed by atoms with van der Waals surface area (Å²) in [5.41, 5.74) is 1.16. The maximum Gasteiger partial charge on any atom is 0.219 e. The fourth-order valence-electron chi connectivity index (χ4n) is 2.08. The van der Waals surface area contributed by atoms with E-state index >= 15 is 0 Å². The Kier molecular flexibility index (Phi) is 5.97. The summed E-state index contributed by atoms with van der Waals surface area (Å²) in [7, 11) is 0. The molecule has 0 aromatic heterocycles. The average Bonchev–Trinajstić information content (AvgIpc) is 2.85. The Hall–Kier alpha value is -0.730. The molecule has 0 radical (unpaired) electrons. The molecule has 0 bridgehead atoms. The highest BCUT2D eigenvalue weighted by atomic mass is 35.5. The average molecular weight is 288 g/mol. The van der Waals surface area contributed by atoms with Gasteiger partial charge in [0.05, 0.1) is 10.0 Å². The number of nitrogens with zero attached hydrogens (tertiary/aromatic N) is 1. The standard InChI is InChI=1S/C12H13Cl2NO.C2H6/c1-8(16)15-5-4-10(7-15)9-2-3-11(13)12(14)6-9;1-2/h2-3,6,10H,4-5,7H2,1H3;1-2H3. The maximum absolute atomic E-state index is 11.2. The summed E-state index contributed by atoms with van der Waals surface area (Å²) in [5, 5.41) is 1.16. The van der Waals surface area contributed by atoms with Crippen LogP contribution in [-0.2, 0) is 4.79 Å². The highest BCUT2D eigenvalue weighted by molar-refractivity contribution is 6.42. The van der Waals surface area contributed by atoms with Crippen LogP contribution < -0.4 is 0 Å². The molecule has 100 valence electrons. The molecule has 1 amide bonds. The van der Waals surface area contributed by atoms with E-state index in [9.17, 15) is 4.79 Å². The second kappa shape index (κ2) is 7.01. The molecule has 18 heavy (non-hydrogen) atoms. The molecule has 1 aliphatic rings. The van der Waals surface area contributed by atoms with Crippen LogP contribution in [0.2, 0.25) is 10.0 Å². The van der Waals surface area contributed by atoms with Gasteiger partial charge in [-0.05, 0) is 24.1 Å². The van der Waals surface area contributed by atoms with E-state index in [0.717, 1.165) is 25.1 Å². The summed E-state index contributed by atoms with van der Waals surface area (Å²) >= 11 is 11.8. The van der Waals surface area contributed by atoms with E-state index in [1.54, 1.807) is 6.92 Å². The van der Waals surface area contributed by atoms with Crippen LogP contribution in [0.3, 0.4) is 0 Å². The molecule has 1 aromatic carbocycles. The van der Waals surface area contributed by atoms with Gasteiger partial charge in [0.25, 0.3) is 0 Å². The first-order valence-electron chi connectivity index (χ1n) is 6.28. The summed E-state index contributed by atoms with van der Waals surface area (Å²) in [6.45, 7) is 7.23. The van der Waals surface area contributed by atoms with Gasteiger partial charge < -0.3 is 4.90 Å². The molecule has 0 N–H and O–H groups in total. The van der Waals surface area contributed by atoms with Crippen molar-refractivity contribution in [2.75, 3.05) is 13.1 Å². The van der Waals surface area contributed by atoms with Crippen LogP contribution in [0.1, 0.15) is 38.7 Å². The molecule has 1 fully saturated rings. The Morgan fingerprint density at radius 2 is 1.94 bits per heavy atom. The van der Waals surface area contributed by atoms with Gasteiger partial charge in [-0.2, -0.15) is 0 Å². The third-order valence-electron chi connectivity index (χ3n) is 3.05. The molecule has 1 atom stereocenters. The normalized spacial score (nSPS) is 18.3. The van der Waals surface area contributed by atoms with Gasteiger partial charge in [-0.1, -0.05) is 43.1 Å². The second-order valence-electron chi connectivity index (χ2n) is 4.12. The highest BCUT2D eigenvalue weighted by Gasteiger charge is 2.25. The van der Waals surface area contributed by atoms with E-state index in [2.05, 4.69) is 0 Å². The number of rotatable bonds is 1. The lowest BCUT2D eigenvalue weighted by Crippen LogP contribution is -2.25. The van der Waals surface area contributed by atoms with E-state index in [1.807, 2.05) is 36.9 Å². The molecule has 1 unspecified atom stereocenters. The van der Waals surface area contributed by atoms with Crippen molar-refractivity contribution >= 4 is 29.1 Å². The van der Waals surface area contributed by atoms with Gasteiger partial charge >= 0.3 is 0 Å². The zero-order valence-corrected chi connectivity index (χ0v) is 12.6. The molecular formula is C14H19Cl2NO. The van der Waals surface area contributed by atoms with E-state index in [4.69, 9.17) is 23.2 Å². The topological polar surface area (TPSA) is 20.3 Å². The zero-order chi connectivity index (χ0) is 13.7. The number of hydrogen-bond donors (Lipinski definition) is 0. The molecular weight excluding hydrogens is 269 g/mol. The van der Waals surface area contributed by atoms with Crippen molar-refractivity contribution < 1.29 is 4.79 Å². The molecule has 4 heteroatoms. The minimum Gasteiger partial charge on any atom is -0.342 e. The quantitative estimate of drug-likeness (QED) is 0.752. The van der Waals surface area contributed by atoms with Crippen LogP contribution in [-0.4, -0.2) is 23.9 Å². The lowest BCUT2D eigenvalue weighted by Gasteiger charge is -2.14. The molecule has 0 aliphatic carbocycles. The van der Waals surface area contributed by atoms with Gasteiger partial charge in [0, 0.05) is 25.9 Å². The minimum absolute atomic E-state index is 0.141. The predicted molar refractivity (Wildman–Crippen MR) is 77.4 cm³/mol. The largest absolute Gasteiger partial charge is 0.342 e. The van der Waals surface area contributed by atoms with Crippen LogP contribution >= 0.6 is 23.2 Å². The van der Waals surface area contributed by atoms with Crippen LogP contribution in [0, 0.1) is 0 Å². The number of carbonyl (C=O) groups excluding carboxylic acids is 1. The monoisotopic (exact) mass is 287 g/mol. The first-order chi connectivity index (χ1) is 8.58. The Morgan fingerprint density at radius 1 is 1.28 bits per heavy atom. The Bertz CT molecular complexity index is 420. The van der Waals surface area contributed by atoms with Crippen molar-refractivity contribution in [1.82, 2.24) is 4.90 Å². The van der Waals surface area contributed by atoms with Gasteiger partial charge in [-0.3, -0.25) is 4.79 Å². The summed E-state index contributed by atoms with van der Waals surface area (Å²) in [5.74, 6) is 0.529. The number of hydrogen-bond acceptors (Lipinski definition) is 1. The van der Waals surface area contributed by atoms with Crippen LogP contribution in [0.4, 0.5) is 0 Å². The van der Waals surface area contributed by atoms with Crippen molar-refractivity contribution in [2.45, 2.75) is 33.1 Å². The minimum atomic E-state index is 0.141. The van der Waals surface area contributed by atoms with Gasteiger partial charge in [-0.15, -0.1) is 0 Å². The fourth-order valence-corrected chi connectivity index (χ4v) is 2.39. The number of carbonyl (C=O) groups is 1. The SMILES string of the molecule is CC.CC(=O)N1CCC(c2ccc(Cl)c(Cl)c2)C1. The molecule has 1 aromatic rings. The molecule has 1 heterocycles. The van der Waals surface area contributed by atoms with E-state index < -0.39 is 0 Å². The number of benzene rings is 1. The van der Waals surface area contributed by atoms with Gasteiger partial charge in [0.2, 0.25) is 5.91 Å². The van der Waals surface area contributed by atoms with Crippen molar-refractivity contribution in [3.05, 3.63) is 33.8 Å². The van der Waals surface area contributed by atoms with Crippen molar-refractivity contribution in [3.8, 4) is 0 Å². The summed E-state index contributed by atoms with van der Waals surface area (Å²) in [4.78, 5) is 13.1. The van der Waals surface area contributed by atoms with Crippen LogP contribution in [0.5, 0.6) is 0 Å². The molecule has 2 rings (SSSR count). The van der Waals surface area contributed by atoms with E-state index in [-0.39, 0.29) is 5.91 Å². The molecule has 0 saturated carbocycles. The van der Waals surface area contributed by atoms with Crippen LogP contribution in [0.15, 0.2) is 18.2 Å². The van der Waals surface area contributed by atoms with Crippen molar-refractivity contribution in [2.24, 2.45) is 0 Å². The lowest BCUT2D eigenvalue weighted by atomic mass is 9.99. The summed E-state index contributed by atoms with van der Waals surface area (Å²) in [6, 6.07) is 5.70.